The number of carboxylic acid groups (broad SMARTS) is 1. The van der Waals surface area contributed by atoms with Crippen molar-refractivity contribution in [3.8, 4) is 0 Å². The third-order valence-electron chi connectivity index (χ3n) is 2.66. The Balaban J connectivity index is 2.77. The van der Waals surface area contributed by atoms with E-state index in [1.807, 2.05) is 6.92 Å². The molecular weight excluding hydrogens is 341 g/mol. The van der Waals surface area contributed by atoms with Crippen molar-refractivity contribution >= 4 is 46.7 Å². The zero-order chi connectivity index (χ0) is 16.0. The van der Waals surface area contributed by atoms with Crippen molar-refractivity contribution in [3.63, 3.8) is 0 Å². The maximum atomic E-state index is 12.0. The first-order valence-electron chi connectivity index (χ1n) is 6.20. The lowest BCUT2D eigenvalue weighted by Crippen LogP contribution is -2.34. The molecule has 1 aromatic rings. The van der Waals surface area contributed by atoms with E-state index in [0.717, 1.165) is 6.42 Å². The van der Waals surface area contributed by atoms with E-state index in [4.69, 9.17) is 44.7 Å². The fourth-order valence-electron chi connectivity index (χ4n) is 1.53. The van der Waals surface area contributed by atoms with E-state index in [9.17, 15) is 9.59 Å². The summed E-state index contributed by atoms with van der Waals surface area (Å²) >= 11 is 17.6. The number of halogens is 3. The molecule has 5 nitrogen and oxygen atoms in total. The molecule has 1 rings (SSSR count). The van der Waals surface area contributed by atoms with Crippen molar-refractivity contribution < 1.29 is 19.5 Å². The molecule has 0 heterocycles. The number of nitrogens with one attached hydrogen (secondary N) is 1. The minimum atomic E-state index is -1.16. The summed E-state index contributed by atoms with van der Waals surface area (Å²) < 4.78 is 0. The second-order valence-corrected chi connectivity index (χ2v) is 5.43. The molecule has 2 N–H and O–H groups in total. The van der Waals surface area contributed by atoms with Gasteiger partial charge in [-0.15, -0.1) is 0 Å². The zero-order valence-corrected chi connectivity index (χ0v) is 13.4. The number of hydrogen-bond acceptors (Lipinski definition) is 3. The van der Waals surface area contributed by atoms with Gasteiger partial charge in [0.1, 0.15) is 0 Å². The SMILES string of the molecule is CCCCC(ONC(=O)c1c(Cl)ccc(Cl)c1Cl)C(=O)O. The van der Waals surface area contributed by atoms with Gasteiger partial charge in [-0.3, -0.25) is 9.63 Å². The van der Waals surface area contributed by atoms with Crippen LogP contribution in [0.1, 0.15) is 36.5 Å². The largest absolute Gasteiger partial charge is 0.479 e. The molecule has 1 amide bonds. The molecule has 21 heavy (non-hydrogen) atoms. The van der Waals surface area contributed by atoms with Crippen molar-refractivity contribution in [2.75, 3.05) is 0 Å². The monoisotopic (exact) mass is 353 g/mol. The van der Waals surface area contributed by atoms with Crippen molar-refractivity contribution in [3.05, 3.63) is 32.8 Å². The van der Waals surface area contributed by atoms with Gasteiger partial charge in [0.25, 0.3) is 5.91 Å². The summed E-state index contributed by atoms with van der Waals surface area (Å²) in [6, 6.07) is 2.86. The lowest BCUT2D eigenvalue weighted by atomic mass is 10.2. The van der Waals surface area contributed by atoms with Gasteiger partial charge >= 0.3 is 5.97 Å². The Kier molecular flexibility index (Phi) is 7.25. The summed E-state index contributed by atoms with van der Waals surface area (Å²) in [5.74, 6) is -1.91. The summed E-state index contributed by atoms with van der Waals surface area (Å²) in [5, 5.41) is 9.21. The van der Waals surface area contributed by atoms with Gasteiger partial charge in [-0.1, -0.05) is 54.6 Å². The summed E-state index contributed by atoms with van der Waals surface area (Å²) in [7, 11) is 0. The van der Waals surface area contributed by atoms with Crippen LogP contribution in [0.5, 0.6) is 0 Å². The molecule has 0 spiro atoms. The summed E-state index contributed by atoms with van der Waals surface area (Å²) in [6.45, 7) is 1.92. The van der Waals surface area contributed by atoms with Gasteiger partial charge in [0.2, 0.25) is 0 Å². The molecule has 0 aliphatic heterocycles. The van der Waals surface area contributed by atoms with Gasteiger partial charge < -0.3 is 5.11 Å². The van der Waals surface area contributed by atoms with Crippen LogP contribution in [0.2, 0.25) is 15.1 Å². The summed E-state index contributed by atoms with van der Waals surface area (Å²) in [6.07, 6.45) is 0.618. The number of aliphatic carboxylic acids is 1. The normalized spacial score (nSPS) is 12.0. The number of benzene rings is 1. The van der Waals surface area contributed by atoms with Crippen molar-refractivity contribution in [1.29, 1.82) is 0 Å². The van der Waals surface area contributed by atoms with E-state index in [2.05, 4.69) is 5.48 Å². The van der Waals surface area contributed by atoms with E-state index in [0.29, 0.717) is 6.42 Å². The number of carbonyl (C=O) groups excluding carboxylic acids is 1. The standard InChI is InChI=1S/C13H14Cl3NO4/c1-2-3-4-9(13(19)20)21-17-12(18)10-7(14)5-6-8(15)11(10)16/h5-6,9H,2-4H2,1H3,(H,17,18)(H,19,20). The predicted octanol–water partition coefficient (Wildman–Crippen LogP) is 3.95. The molecule has 1 unspecified atom stereocenters. The zero-order valence-electron chi connectivity index (χ0n) is 11.2. The van der Waals surface area contributed by atoms with Crippen LogP contribution in [0.4, 0.5) is 0 Å². The van der Waals surface area contributed by atoms with Gasteiger partial charge in [-0.25, -0.2) is 10.3 Å². The van der Waals surface area contributed by atoms with Crippen molar-refractivity contribution in [1.82, 2.24) is 5.48 Å². The topological polar surface area (TPSA) is 75.6 Å². The molecule has 0 fully saturated rings. The molecule has 1 atom stereocenters. The Morgan fingerprint density at radius 3 is 2.48 bits per heavy atom. The predicted molar refractivity (Wildman–Crippen MR) is 81.0 cm³/mol. The molecule has 8 heteroatoms. The molecule has 0 aliphatic carbocycles. The Labute approximate surface area is 137 Å². The first kappa shape index (κ1) is 18.0. The van der Waals surface area contributed by atoms with E-state index >= 15 is 0 Å². The number of rotatable bonds is 7. The smallest absolute Gasteiger partial charge is 0.335 e. The summed E-state index contributed by atoms with van der Waals surface area (Å²) in [4.78, 5) is 27.9. The third kappa shape index (κ3) is 5.04. The fraction of sp³-hybridized carbons (Fsp3) is 0.385. The number of hydroxylamine groups is 1. The Bertz CT molecular complexity index is 536. The highest BCUT2D eigenvalue weighted by Gasteiger charge is 2.22. The maximum absolute atomic E-state index is 12.0. The Hall–Kier alpha value is -1.01. The number of carbonyl (C=O) groups is 2. The highest BCUT2D eigenvalue weighted by Crippen LogP contribution is 2.31. The maximum Gasteiger partial charge on any atom is 0.335 e. The minimum Gasteiger partial charge on any atom is -0.479 e. The average Bonchev–Trinajstić information content (AvgIpc) is 2.43. The van der Waals surface area contributed by atoms with E-state index in [1.54, 1.807) is 0 Å². The molecule has 0 saturated carbocycles. The molecule has 0 saturated heterocycles. The number of hydrogen-bond donors (Lipinski definition) is 2. The highest BCUT2D eigenvalue weighted by molar-refractivity contribution is 6.46. The van der Waals surface area contributed by atoms with Crippen molar-refractivity contribution in [2.24, 2.45) is 0 Å². The van der Waals surface area contributed by atoms with Gasteiger partial charge in [0, 0.05) is 0 Å². The quantitative estimate of drug-likeness (QED) is 0.574. The number of carboxylic acids is 1. The lowest BCUT2D eigenvalue weighted by Gasteiger charge is -2.14. The highest BCUT2D eigenvalue weighted by atomic mass is 35.5. The minimum absolute atomic E-state index is 0.0225. The van der Waals surface area contributed by atoms with Crippen LogP contribution in [0.15, 0.2) is 12.1 Å². The van der Waals surface area contributed by atoms with E-state index in [-0.39, 0.29) is 27.1 Å². The van der Waals surface area contributed by atoms with Crippen LogP contribution < -0.4 is 5.48 Å². The second kappa shape index (κ2) is 8.44. The van der Waals surface area contributed by atoms with Gasteiger partial charge in [0.15, 0.2) is 6.10 Å². The van der Waals surface area contributed by atoms with Crippen molar-refractivity contribution in [2.45, 2.75) is 32.3 Å². The van der Waals surface area contributed by atoms with Crippen LogP contribution in [0.25, 0.3) is 0 Å². The van der Waals surface area contributed by atoms with Gasteiger partial charge in [0.05, 0.1) is 20.6 Å². The van der Waals surface area contributed by atoms with Gasteiger partial charge in [-0.2, -0.15) is 0 Å². The van der Waals surface area contributed by atoms with E-state index in [1.165, 1.54) is 12.1 Å². The van der Waals surface area contributed by atoms with Gasteiger partial charge in [-0.05, 0) is 18.6 Å². The average molecular weight is 355 g/mol. The third-order valence-corrected chi connectivity index (χ3v) is 3.78. The molecule has 0 aliphatic rings. The van der Waals surface area contributed by atoms with Crippen LogP contribution in [0.3, 0.4) is 0 Å². The first-order valence-corrected chi connectivity index (χ1v) is 7.34. The number of unbranched alkanes of at least 4 members (excludes halogenated alkanes) is 1. The van der Waals surface area contributed by atoms with Crippen LogP contribution in [-0.4, -0.2) is 23.1 Å². The molecule has 1 aromatic carbocycles. The fourth-order valence-corrected chi connectivity index (χ4v) is 2.23. The number of amides is 1. The molecule has 116 valence electrons. The molecular formula is C13H14Cl3NO4. The first-order chi connectivity index (χ1) is 9.88. The lowest BCUT2D eigenvalue weighted by molar-refractivity contribution is -0.154. The molecule has 0 bridgehead atoms. The second-order valence-electron chi connectivity index (χ2n) is 4.24. The Morgan fingerprint density at radius 2 is 1.90 bits per heavy atom. The molecule has 0 aromatic heterocycles. The van der Waals surface area contributed by atoms with Crippen LogP contribution in [0, 0.1) is 0 Å². The summed E-state index contributed by atoms with van der Waals surface area (Å²) in [5.41, 5.74) is 1.99. The Morgan fingerprint density at radius 1 is 1.29 bits per heavy atom. The van der Waals surface area contributed by atoms with E-state index < -0.39 is 18.0 Å². The molecule has 0 radical (unpaired) electrons. The van der Waals surface area contributed by atoms with Crippen LogP contribution in [-0.2, 0) is 9.63 Å². The van der Waals surface area contributed by atoms with Crippen LogP contribution >= 0.6 is 34.8 Å².